The number of nitrogens with one attached hydrogen (secondary N) is 2. The maximum atomic E-state index is 11.7. The number of anilines is 2. The first kappa shape index (κ1) is 20.9. The minimum Gasteiger partial charge on any atom is -0.423 e. The third kappa shape index (κ3) is 3.43. The first-order chi connectivity index (χ1) is 16.6. The van der Waals surface area contributed by atoms with Crippen LogP contribution in [0.1, 0.15) is 17.0 Å². The Balaban J connectivity index is 1.35. The maximum Gasteiger partial charge on any atom is 0.324 e. The van der Waals surface area contributed by atoms with E-state index in [-0.39, 0.29) is 18.5 Å². The largest absolute Gasteiger partial charge is 0.423 e. The average Bonchev–Trinajstić information content (AvgIpc) is 3.17. The summed E-state index contributed by atoms with van der Waals surface area (Å²) in [5, 5.41) is 6.35. The van der Waals surface area contributed by atoms with Crippen LogP contribution in [0.15, 0.2) is 36.5 Å². The standard InChI is InChI=1S/C25H27N7O2/c1-13-6-7-14(10-28-13)34-25-29-20-8-16-15(4-3-5-19(16)27-2)22(20)24(31-25)32-11-17-18(12-32)23(17)30-21(33)9-26/h3-7,10,17-18,23,27H,8-9,11-12,26H2,1-2H3,(H,30,33). The number of ether oxygens (including phenoxy) is 1. The van der Waals surface area contributed by atoms with Crippen LogP contribution in [0.25, 0.3) is 11.1 Å². The van der Waals surface area contributed by atoms with Crippen LogP contribution in [-0.2, 0) is 11.2 Å². The molecule has 2 atom stereocenters. The van der Waals surface area contributed by atoms with Gasteiger partial charge in [-0.2, -0.15) is 9.97 Å². The first-order valence-electron chi connectivity index (χ1n) is 11.6. The Morgan fingerprint density at radius 2 is 2.03 bits per heavy atom. The lowest BCUT2D eigenvalue weighted by molar-refractivity contribution is -0.120. The normalized spacial score (nSPS) is 21.5. The third-order valence-electron chi connectivity index (χ3n) is 7.10. The second-order valence-electron chi connectivity index (χ2n) is 9.18. The van der Waals surface area contributed by atoms with Crippen LogP contribution >= 0.6 is 0 Å². The number of hydrogen-bond donors (Lipinski definition) is 3. The quantitative estimate of drug-likeness (QED) is 0.403. The molecule has 1 amide bonds. The molecule has 2 aliphatic carbocycles. The van der Waals surface area contributed by atoms with Crippen LogP contribution in [0.2, 0.25) is 0 Å². The summed E-state index contributed by atoms with van der Waals surface area (Å²) in [7, 11) is 1.94. The number of aromatic nitrogens is 3. The minimum atomic E-state index is -0.0928. The highest BCUT2D eigenvalue weighted by Gasteiger charge is 2.57. The number of nitrogens with zero attached hydrogens (tertiary/aromatic N) is 4. The van der Waals surface area contributed by atoms with Crippen molar-refractivity contribution in [2.24, 2.45) is 17.6 Å². The summed E-state index contributed by atoms with van der Waals surface area (Å²) < 4.78 is 6.04. The number of fused-ring (bicyclic) bond motifs is 4. The van der Waals surface area contributed by atoms with E-state index in [4.69, 9.17) is 20.4 Å². The molecule has 0 bridgehead atoms. The first-order valence-corrected chi connectivity index (χ1v) is 11.6. The molecule has 2 fully saturated rings. The van der Waals surface area contributed by atoms with Crippen molar-refractivity contribution in [3.63, 3.8) is 0 Å². The Morgan fingerprint density at radius 1 is 1.21 bits per heavy atom. The van der Waals surface area contributed by atoms with Gasteiger partial charge in [0.15, 0.2) is 0 Å². The molecular formula is C25H27N7O2. The number of amides is 1. The molecule has 0 radical (unpaired) electrons. The molecule has 6 rings (SSSR count). The van der Waals surface area contributed by atoms with E-state index in [1.165, 1.54) is 5.56 Å². The van der Waals surface area contributed by atoms with Gasteiger partial charge in [-0.05, 0) is 36.2 Å². The number of nitrogens with two attached hydrogens (primary N) is 1. The smallest absolute Gasteiger partial charge is 0.324 e. The van der Waals surface area contributed by atoms with E-state index >= 15 is 0 Å². The van der Waals surface area contributed by atoms with Crippen LogP contribution in [-0.4, -0.2) is 53.6 Å². The summed E-state index contributed by atoms with van der Waals surface area (Å²) >= 11 is 0. The lowest BCUT2D eigenvalue weighted by Crippen LogP contribution is -2.38. The van der Waals surface area contributed by atoms with Gasteiger partial charge in [-0.1, -0.05) is 12.1 Å². The van der Waals surface area contributed by atoms with Crippen molar-refractivity contribution in [2.75, 3.05) is 36.9 Å². The molecule has 174 valence electrons. The predicted octanol–water partition coefficient (Wildman–Crippen LogP) is 2.09. The molecule has 34 heavy (non-hydrogen) atoms. The number of hydrogen-bond acceptors (Lipinski definition) is 8. The molecule has 2 unspecified atom stereocenters. The lowest BCUT2D eigenvalue weighted by atomic mass is 10.1. The van der Waals surface area contributed by atoms with Gasteiger partial charge in [0, 0.05) is 61.4 Å². The highest BCUT2D eigenvalue weighted by Crippen LogP contribution is 2.50. The number of benzene rings is 1. The number of carbonyl (C=O) groups is 1. The zero-order valence-corrected chi connectivity index (χ0v) is 19.2. The van der Waals surface area contributed by atoms with Crippen molar-refractivity contribution in [2.45, 2.75) is 19.4 Å². The van der Waals surface area contributed by atoms with Crippen molar-refractivity contribution in [3.8, 4) is 22.9 Å². The molecule has 0 spiro atoms. The Hall–Kier alpha value is -3.72. The van der Waals surface area contributed by atoms with Crippen molar-refractivity contribution < 1.29 is 9.53 Å². The fourth-order valence-electron chi connectivity index (χ4n) is 5.34. The number of carbonyl (C=O) groups excluding carboxylic acids is 1. The van der Waals surface area contributed by atoms with Crippen LogP contribution in [0, 0.1) is 18.8 Å². The summed E-state index contributed by atoms with van der Waals surface area (Å²) in [6.45, 7) is 3.62. The Bertz CT molecular complexity index is 1270. The molecule has 4 N–H and O–H groups in total. The number of rotatable bonds is 6. The van der Waals surface area contributed by atoms with Gasteiger partial charge < -0.3 is 26.0 Å². The Kier molecular flexibility index (Phi) is 4.88. The molecule has 9 heteroatoms. The van der Waals surface area contributed by atoms with Crippen molar-refractivity contribution >= 4 is 17.4 Å². The molecule has 9 nitrogen and oxygen atoms in total. The highest BCUT2D eigenvalue weighted by molar-refractivity contribution is 5.88. The maximum absolute atomic E-state index is 11.7. The van der Waals surface area contributed by atoms with Crippen LogP contribution in [0.4, 0.5) is 11.5 Å². The van der Waals surface area contributed by atoms with E-state index in [0.717, 1.165) is 53.5 Å². The second-order valence-corrected chi connectivity index (χ2v) is 9.18. The van der Waals surface area contributed by atoms with Crippen molar-refractivity contribution in [1.82, 2.24) is 20.3 Å². The Morgan fingerprint density at radius 3 is 2.74 bits per heavy atom. The predicted molar refractivity (Wildman–Crippen MR) is 129 cm³/mol. The SMILES string of the molecule is CNc1cccc2c1Cc1nc(Oc3ccc(C)nc3)nc(N3CC4C(C3)C4NC(=O)CN)c1-2. The van der Waals surface area contributed by atoms with Crippen LogP contribution < -0.4 is 26.0 Å². The highest BCUT2D eigenvalue weighted by atomic mass is 16.5. The van der Waals surface area contributed by atoms with Gasteiger partial charge in [0.25, 0.3) is 0 Å². The van der Waals surface area contributed by atoms with Gasteiger partial charge in [-0.25, -0.2) is 0 Å². The van der Waals surface area contributed by atoms with E-state index in [1.54, 1.807) is 6.20 Å². The third-order valence-corrected chi connectivity index (χ3v) is 7.10. The monoisotopic (exact) mass is 457 g/mol. The van der Waals surface area contributed by atoms with Gasteiger partial charge in [-0.3, -0.25) is 9.78 Å². The molecule has 3 heterocycles. The molecular weight excluding hydrogens is 430 g/mol. The molecule has 1 aliphatic heterocycles. The molecule has 1 saturated heterocycles. The number of aryl methyl sites for hydroxylation is 1. The average molecular weight is 458 g/mol. The summed E-state index contributed by atoms with van der Waals surface area (Å²) in [5.74, 6) is 2.23. The fourth-order valence-corrected chi connectivity index (χ4v) is 5.34. The zero-order valence-electron chi connectivity index (χ0n) is 19.2. The summed E-state index contributed by atoms with van der Waals surface area (Å²) in [5.41, 5.74) is 11.9. The van der Waals surface area contributed by atoms with Crippen molar-refractivity contribution in [1.29, 1.82) is 0 Å². The fraction of sp³-hybridized carbons (Fsp3) is 0.360. The summed E-state index contributed by atoms with van der Waals surface area (Å²) in [4.78, 5) is 28.1. The molecule has 1 aromatic carbocycles. The summed E-state index contributed by atoms with van der Waals surface area (Å²) in [6.07, 6.45) is 2.41. The molecule has 3 aliphatic rings. The minimum absolute atomic E-state index is 0.0260. The van der Waals surface area contributed by atoms with E-state index in [2.05, 4.69) is 38.7 Å². The number of piperidine rings is 1. The van der Waals surface area contributed by atoms with E-state index in [0.29, 0.717) is 23.6 Å². The van der Waals surface area contributed by atoms with E-state index < -0.39 is 0 Å². The molecule has 3 aromatic rings. The van der Waals surface area contributed by atoms with Gasteiger partial charge >= 0.3 is 6.01 Å². The molecule has 1 saturated carbocycles. The zero-order chi connectivity index (χ0) is 23.4. The van der Waals surface area contributed by atoms with E-state index in [9.17, 15) is 4.79 Å². The van der Waals surface area contributed by atoms with Crippen LogP contribution in [0.3, 0.4) is 0 Å². The Labute approximate surface area is 197 Å². The lowest BCUT2D eigenvalue weighted by Gasteiger charge is -2.24. The van der Waals surface area contributed by atoms with Gasteiger partial charge in [0.2, 0.25) is 5.91 Å². The van der Waals surface area contributed by atoms with Crippen molar-refractivity contribution in [3.05, 3.63) is 53.5 Å². The molecule has 2 aromatic heterocycles. The van der Waals surface area contributed by atoms with Gasteiger partial charge in [0.1, 0.15) is 11.6 Å². The summed E-state index contributed by atoms with van der Waals surface area (Å²) in [6, 6.07) is 10.6. The second kappa shape index (κ2) is 7.95. The number of pyridine rings is 1. The topological polar surface area (TPSA) is 118 Å². The van der Waals surface area contributed by atoms with E-state index in [1.807, 2.05) is 26.1 Å². The van der Waals surface area contributed by atoms with Gasteiger partial charge in [0.05, 0.1) is 18.4 Å². The van der Waals surface area contributed by atoms with Gasteiger partial charge in [-0.15, -0.1) is 0 Å². The van der Waals surface area contributed by atoms with Crippen LogP contribution in [0.5, 0.6) is 11.8 Å².